The van der Waals surface area contributed by atoms with Crippen LogP contribution in [-0.2, 0) is 4.79 Å². The first-order chi connectivity index (χ1) is 4.16. The lowest BCUT2D eigenvalue weighted by Crippen LogP contribution is -2.03. The molecular formula is C4H7O4P. The van der Waals surface area contributed by atoms with Crippen LogP contribution in [-0.4, -0.2) is 34.7 Å². The summed E-state index contributed by atoms with van der Waals surface area (Å²) in [5.41, 5.74) is 0. The molecule has 0 aromatic rings. The van der Waals surface area contributed by atoms with Crippen molar-refractivity contribution in [1.29, 1.82) is 0 Å². The molecule has 0 spiro atoms. The molecule has 0 fully saturated rings. The van der Waals surface area contributed by atoms with E-state index in [1.807, 2.05) is 0 Å². The van der Waals surface area contributed by atoms with E-state index in [0.717, 1.165) is 0 Å². The van der Waals surface area contributed by atoms with Gasteiger partial charge in [-0.3, -0.25) is 0 Å². The van der Waals surface area contributed by atoms with E-state index < -0.39 is 13.7 Å². The average molecular weight is 150 g/mol. The predicted octanol–water partition coefficient (Wildman–Crippen LogP) is -1.38. The van der Waals surface area contributed by atoms with Crippen LogP contribution in [0.15, 0.2) is 0 Å². The summed E-state index contributed by atoms with van der Waals surface area (Å²) >= 11 is 0. The third-order valence-corrected chi connectivity index (χ3v) is 1.72. The number of carboxylic acids is 1. The Balaban J connectivity index is 3.69. The molecule has 1 unspecified atom stereocenters. The zero-order chi connectivity index (χ0) is 7.28. The molecule has 0 heterocycles. The number of hydrogen-bond acceptors (Lipinski definition) is 3. The Morgan fingerprint density at radius 3 is 2.67 bits per heavy atom. The Kier molecular flexibility index (Phi) is 4.22. The molecule has 0 rings (SSSR count). The zero-order valence-electron chi connectivity index (χ0n) is 4.65. The Morgan fingerprint density at radius 2 is 2.33 bits per heavy atom. The minimum Gasteiger partial charge on any atom is -0.630 e. The molecule has 52 valence electrons. The standard InChI is InChI=1S/C4H7O4P/c5-1-2-9(8)3-4(6)7/h3,5H,1-2H2,(H,6,7). The monoisotopic (exact) mass is 150 g/mol. The fourth-order valence-electron chi connectivity index (χ4n) is 0.286. The maximum atomic E-state index is 10.4. The molecule has 0 amide bonds. The largest absolute Gasteiger partial charge is 0.630 e. The smallest absolute Gasteiger partial charge is 0.370 e. The van der Waals surface area contributed by atoms with E-state index in [1.54, 1.807) is 0 Å². The number of hydrogen-bond donors (Lipinski definition) is 2. The van der Waals surface area contributed by atoms with Crippen LogP contribution in [0.25, 0.3) is 0 Å². The quantitative estimate of drug-likeness (QED) is 0.486. The Bertz CT molecular complexity index is 131. The molecule has 0 aromatic heterocycles. The van der Waals surface area contributed by atoms with Crippen molar-refractivity contribution in [1.82, 2.24) is 0 Å². The van der Waals surface area contributed by atoms with Gasteiger partial charge in [-0.1, -0.05) is 0 Å². The van der Waals surface area contributed by atoms with Gasteiger partial charge in [-0.25, -0.2) is 4.79 Å². The first kappa shape index (κ1) is 8.56. The van der Waals surface area contributed by atoms with Crippen LogP contribution in [0.3, 0.4) is 0 Å². The fraction of sp³-hybridized carbons (Fsp3) is 0.500. The average Bonchev–Trinajstić information content (AvgIpc) is 1.63. The van der Waals surface area contributed by atoms with Crippen LogP contribution in [0.4, 0.5) is 0 Å². The molecule has 0 saturated heterocycles. The van der Waals surface area contributed by atoms with E-state index >= 15 is 0 Å². The van der Waals surface area contributed by atoms with Crippen molar-refractivity contribution in [3.05, 3.63) is 0 Å². The second kappa shape index (κ2) is 4.44. The van der Waals surface area contributed by atoms with Gasteiger partial charge >= 0.3 is 5.97 Å². The zero-order valence-corrected chi connectivity index (χ0v) is 5.54. The van der Waals surface area contributed by atoms with Crippen LogP contribution in [0.2, 0.25) is 0 Å². The van der Waals surface area contributed by atoms with E-state index in [4.69, 9.17) is 10.2 Å². The minimum atomic E-state index is -1.84. The summed E-state index contributed by atoms with van der Waals surface area (Å²) in [7, 11) is -1.84. The maximum Gasteiger partial charge on any atom is 0.370 e. The molecule has 0 aliphatic rings. The maximum absolute atomic E-state index is 10.4. The topological polar surface area (TPSA) is 80.6 Å². The normalized spacial score (nSPS) is 11.6. The first-order valence-corrected chi connectivity index (χ1v) is 3.80. The number of aliphatic hydroxyl groups excluding tert-OH is 1. The van der Waals surface area contributed by atoms with Crippen molar-refractivity contribution >= 4 is 19.5 Å². The van der Waals surface area contributed by atoms with Crippen LogP contribution >= 0.6 is 7.77 Å². The molecule has 0 saturated carbocycles. The molecule has 0 aliphatic heterocycles. The van der Waals surface area contributed by atoms with Gasteiger partial charge in [0.05, 0.1) is 14.4 Å². The van der Waals surface area contributed by atoms with Gasteiger partial charge in [-0.15, -0.1) is 0 Å². The van der Waals surface area contributed by atoms with E-state index in [-0.39, 0.29) is 12.8 Å². The fourth-order valence-corrected chi connectivity index (χ4v) is 0.859. The molecule has 1 atom stereocenters. The first-order valence-electron chi connectivity index (χ1n) is 2.29. The number of carbonyl (C=O) groups is 1. The SMILES string of the molecule is O=C(O)C=[P+]([O-])CCO. The van der Waals surface area contributed by atoms with Gasteiger partial charge in [0.15, 0.2) is 5.80 Å². The highest BCUT2D eigenvalue weighted by atomic mass is 31.1. The summed E-state index contributed by atoms with van der Waals surface area (Å²) in [5.74, 6) is -0.518. The molecule has 9 heavy (non-hydrogen) atoms. The molecule has 5 heteroatoms. The highest BCUT2D eigenvalue weighted by Crippen LogP contribution is 2.05. The Labute approximate surface area is 53.2 Å². The van der Waals surface area contributed by atoms with Crippen molar-refractivity contribution in [2.75, 3.05) is 12.8 Å². The van der Waals surface area contributed by atoms with Gasteiger partial charge in [-0.2, -0.15) is 0 Å². The molecule has 0 aliphatic carbocycles. The van der Waals surface area contributed by atoms with Crippen LogP contribution in [0.5, 0.6) is 0 Å². The number of aliphatic carboxylic acids is 1. The lowest BCUT2D eigenvalue weighted by molar-refractivity contribution is -0.153. The lowest BCUT2D eigenvalue weighted by atomic mass is 10.8. The van der Waals surface area contributed by atoms with Gasteiger partial charge in [-0.05, 0) is 0 Å². The van der Waals surface area contributed by atoms with E-state index in [0.29, 0.717) is 5.80 Å². The van der Waals surface area contributed by atoms with Gasteiger partial charge in [0.2, 0.25) is 0 Å². The second-order valence-corrected chi connectivity index (χ2v) is 2.87. The molecule has 0 bridgehead atoms. The molecule has 4 nitrogen and oxygen atoms in total. The Hall–Kier alpha value is -0.440. The minimum absolute atomic E-state index is 0.0294. The van der Waals surface area contributed by atoms with Crippen molar-refractivity contribution in [3.8, 4) is 0 Å². The third kappa shape index (κ3) is 5.43. The van der Waals surface area contributed by atoms with Gasteiger partial charge in [0, 0.05) is 0 Å². The van der Waals surface area contributed by atoms with Crippen molar-refractivity contribution < 1.29 is 19.9 Å². The van der Waals surface area contributed by atoms with Crippen molar-refractivity contribution in [3.63, 3.8) is 0 Å². The van der Waals surface area contributed by atoms with Crippen molar-refractivity contribution in [2.45, 2.75) is 0 Å². The van der Waals surface area contributed by atoms with E-state index in [2.05, 4.69) is 0 Å². The highest BCUT2D eigenvalue weighted by Gasteiger charge is 1.98. The summed E-state index contributed by atoms with van der Waals surface area (Å²) in [4.78, 5) is 20.2. The summed E-state index contributed by atoms with van der Waals surface area (Å²) < 4.78 is 0. The van der Waals surface area contributed by atoms with Crippen LogP contribution in [0.1, 0.15) is 0 Å². The highest BCUT2D eigenvalue weighted by molar-refractivity contribution is 7.52. The van der Waals surface area contributed by atoms with Crippen LogP contribution < -0.4 is 4.89 Å². The predicted molar refractivity (Wildman–Crippen MR) is 32.6 cm³/mol. The molecule has 2 N–H and O–H groups in total. The van der Waals surface area contributed by atoms with Gasteiger partial charge in [0.25, 0.3) is 0 Å². The van der Waals surface area contributed by atoms with Crippen LogP contribution in [0, 0.1) is 0 Å². The van der Waals surface area contributed by atoms with Gasteiger partial charge < -0.3 is 15.1 Å². The van der Waals surface area contributed by atoms with E-state index in [9.17, 15) is 9.69 Å². The molecular weight excluding hydrogens is 143 g/mol. The summed E-state index contributed by atoms with van der Waals surface area (Å²) in [6, 6.07) is 0. The number of aliphatic hydroxyl groups is 1. The van der Waals surface area contributed by atoms with Gasteiger partial charge in [0.1, 0.15) is 6.16 Å². The van der Waals surface area contributed by atoms with E-state index in [1.165, 1.54) is 0 Å². The second-order valence-electron chi connectivity index (χ2n) is 1.33. The Morgan fingerprint density at radius 1 is 1.78 bits per heavy atom. The summed E-state index contributed by atoms with van der Waals surface area (Å²) in [6.07, 6.45) is 0.0294. The lowest BCUT2D eigenvalue weighted by Gasteiger charge is -1.90. The summed E-state index contributed by atoms with van der Waals surface area (Å²) in [5, 5.41) is 16.1. The summed E-state index contributed by atoms with van der Waals surface area (Å²) in [6.45, 7) is -0.237. The molecule has 0 radical (unpaired) electrons. The van der Waals surface area contributed by atoms with Crippen molar-refractivity contribution in [2.24, 2.45) is 0 Å². The molecule has 0 aromatic carbocycles. The third-order valence-electron chi connectivity index (χ3n) is 0.575. The number of carboxylic acid groups (broad SMARTS) is 1. The number of rotatable bonds is 3.